The molecule has 0 fully saturated rings. The number of hydrogen-bond acceptors (Lipinski definition) is 3. The Bertz CT molecular complexity index is 489. The minimum atomic E-state index is 0.655. The summed E-state index contributed by atoms with van der Waals surface area (Å²) in [6, 6.07) is 1.87. The molecule has 0 unspecified atom stereocenters. The molecule has 2 aromatic rings. The highest BCUT2D eigenvalue weighted by molar-refractivity contribution is 5.68. The average molecular weight is 205 g/mol. The fourth-order valence-corrected chi connectivity index (χ4v) is 1.77. The summed E-state index contributed by atoms with van der Waals surface area (Å²) in [6.07, 6.45) is 0. The van der Waals surface area contributed by atoms with Crippen molar-refractivity contribution in [2.45, 2.75) is 20.8 Å². The third kappa shape index (κ3) is 1.42. The van der Waals surface area contributed by atoms with Crippen molar-refractivity contribution in [3.63, 3.8) is 0 Å². The Balaban J connectivity index is 2.63. The van der Waals surface area contributed by atoms with E-state index >= 15 is 0 Å². The fourth-order valence-electron chi connectivity index (χ4n) is 1.77. The highest BCUT2D eigenvalue weighted by atomic mass is 16.3. The quantitative estimate of drug-likeness (QED) is 0.776. The van der Waals surface area contributed by atoms with E-state index in [-0.39, 0.29) is 0 Å². The van der Waals surface area contributed by atoms with Crippen molar-refractivity contribution in [2.75, 3.05) is 5.73 Å². The first-order chi connectivity index (χ1) is 7.00. The van der Waals surface area contributed by atoms with E-state index in [9.17, 15) is 0 Å². The van der Waals surface area contributed by atoms with Crippen LogP contribution in [0.2, 0.25) is 0 Å². The molecule has 0 radical (unpaired) electrons. The van der Waals surface area contributed by atoms with Crippen molar-refractivity contribution in [3.05, 3.63) is 23.2 Å². The van der Waals surface area contributed by atoms with Gasteiger partial charge in [0, 0.05) is 18.7 Å². The second-order valence-corrected chi connectivity index (χ2v) is 3.79. The van der Waals surface area contributed by atoms with Crippen molar-refractivity contribution in [1.29, 1.82) is 0 Å². The molecule has 2 aromatic heterocycles. The summed E-state index contributed by atoms with van der Waals surface area (Å²) in [5.74, 6) is 2.48. The highest BCUT2D eigenvalue weighted by Crippen LogP contribution is 2.31. The summed E-state index contributed by atoms with van der Waals surface area (Å²) in [7, 11) is 1.83. The van der Waals surface area contributed by atoms with Gasteiger partial charge in [-0.05, 0) is 26.3 Å². The maximum absolute atomic E-state index is 5.75. The molecule has 2 heterocycles. The number of aromatic nitrogens is 2. The predicted octanol–water partition coefficient (Wildman–Crippen LogP) is 2.19. The van der Waals surface area contributed by atoms with Gasteiger partial charge in [0.1, 0.15) is 17.3 Å². The Hall–Kier alpha value is -1.71. The molecule has 0 aromatic carbocycles. The van der Waals surface area contributed by atoms with Crippen molar-refractivity contribution in [3.8, 4) is 11.3 Å². The van der Waals surface area contributed by atoms with Gasteiger partial charge in [0.25, 0.3) is 0 Å². The summed E-state index contributed by atoms with van der Waals surface area (Å²) < 4.78 is 7.22. The Morgan fingerprint density at radius 3 is 2.33 bits per heavy atom. The summed E-state index contributed by atoms with van der Waals surface area (Å²) >= 11 is 0. The number of hydrogen-bond donors (Lipinski definition) is 1. The molecule has 0 spiro atoms. The lowest BCUT2D eigenvalue weighted by Gasteiger charge is -1.94. The first-order valence-electron chi connectivity index (χ1n) is 4.87. The molecule has 2 N–H and O–H groups in total. The average Bonchev–Trinajstić information content (AvgIpc) is 2.57. The molecule has 0 saturated heterocycles. The highest BCUT2D eigenvalue weighted by Gasteiger charge is 2.16. The molecule has 0 aliphatic heterocycles. The molecular weight excluding hydrogens is 190 g/mol. The van der Waals surface area contributed by atoms with E-state index in [0.717, 1.165) is 28.3 Å². The van der Waals surface area contributed by atoms with Crippen LogP contribution in [0.25, 0.3) is 11.3 Å². The zero-order valence-electron chi connectivity index (χ0n) is 9.46. The maximum atomic E-state index is 5.75. The normalized spacial score (nSPS) is 10.9. The van der Waals surface area contributed by atoms with Crippen molar-refractivity contribution in [2.24, 2.45) is 7.05 Å². The minimum absolute atomic E-state index is 0.655. The molecule has 4 nitrogen and oxygen atoms in total. The number of rotatable bonds is 1. The predicted molar refractivity (Wildman–Crippen MR) is 59.5 cm³/mol. The summed E-state index contributed by atoms with van der Waals surface area (Å²) in [5.41, 5.74) is 8.82. The van der Waals surface area contributed by atoms with Crippen LogP contribution in [-0.2, 0) is 7.05 Å². The number of nitrogens with zero attached hydrogens (tertiary/aromatic N) is 2. The van der Waals surface area contributed by atoms with Gasteiger partial charge in [-0.15, -0.1) is 0 Å². The molecule has 80 valence electrons. The van der Waals surface area contributed by atoms with Gasteiger partial charge in [0.2, 0.25) is 0 Å². The van der Waals surface area contributed by atoms with Crippen LogP contribution >= 0.6 is 0 Å². The Labute approximate surface area is 88.7 Å². The molecule has 0 saturated carbocycles. The van der Waals surface area contributed by atoms with Crippen LogP contribution in [0.3, 0.4) is 0 Å². The van der Waals surface area contributed by atoms with Crippen LogP contribution in [0, 0.1) is 20.8 Å². The van der Waals surface area contributed by atoms with Crippen LogP contribution in [0.15, 0.2) is 10.5 Å². The smallest absolute Gasteiger partial charge is 0.121 e. The SMILES string of the molecule is Cc1oc(C)c(-c2cc(N)n(C)n2)c1C. The van der Waals surface area contributed by atoms with E-state index in [4.69, 9.17) is 10.2 Å². The fraction of sp³-hybridized carbons (Fsp3) is 0.364. The second kappa shape index (κ2) is 3.15. The molecule has 0 atom stereocenters. The van der Waals surface area contributed by atoms with Crippen molar-refractivity contribution >= 4 is 5.82 Å². The molecule has 0 bridgehead atoms. The molecule has 0 amide bonds. The van der Waals surface area contributed by atoms with E-state index in [1.165, 1.54) is 0 Å². The van der Waals surface area contributed by atoms with Crippen molar-refractivity contribution < 1.29 is 4.42 Å². The number of nitrogens with two attached hydrogens (primary N) is 1. The summed E-state index contributed by atoms with van der Waals surface area (Å²) in [6.45, 7) is 5.93. The van der Waals surface area contributed by atoms with Crippen molar-refractivity contribution in [1.82, 2.24) is 9.78 Å². The standard InChI is InChI=1S/C11H15N3O/c1-6-7(2)15-8(3)11(6)9-5-10(12)14(4)13-9/h5H,12H2,1-4H3. The third-order valence-corrected chi connectivity index (χ3v) is 2.73. The van der Waals surface area contributed by atoms with Gasteiger partial charge in [-0.25, -0.2) is 0 Å². The Morgan fingerprint density at radius 1 is 1.27 bits per heavy atom. The van der Waals surface area contributed by atoms with Gasteiger partial charge in [0.05, 0.1) is 5.69 Å². The lowest BCUT2D eigenvalue weighted by atomic mass is 10.1. The van der Waals surface area contributed by atoms with Gasteiger partial charge in [-0.1, -0.05) is 0 Å². The van der Waals surface area contributed by atoms with E-state index in [1.54, 1.807) is 4.68 Å². The molecule has 2 rings (SSSR count). The zero-order valence-corrected chi connectivity index (χ0v) is 9.46. The topological polar surface area (TPSA) is 57.0 Å². The van der Waals surface area contributed by atoms with Gasteiger partial charge in [-0.2, -0.15) is 5.10 Å². The van der Waals surface area contributed by atoms with Gasteiger partial charge in [-0.3, -0.25) is 4.68 Å². The number of anilines is 1. The molecule has 15 heavy (non-hydrogen) atoms. The van der Waals surface area contributed by atoms with E-state index in [1.807, 2.05) is 33.9 Å². The monoisotopic (exact) mass is 205 g/mol. The van der Waals surface area contributed by atoms with Crippen LogP contribution in [-0.4, -0.2) is 9.78 Å². The lowest BCUT2D eigenvalue weighted by Crippen LogP contribution is -1.96. The Morgan fingerprint density at radius 2 is 1.93 bits per heavy atom. The first-order valence-corrected chi connectivity index (χ1v) is 4.87. The summed E-state index contributed by atoms with van der Waals surface area (Å²) in [5, 5.41) is 4.35. The Kier molecular flexibility index (Phi) is 2.07. The van der Waals surface area contributed by atoms with Crippen LogP contribution in [0.5, 0.6) is 0 Å². The minimum Gasteiger partial charge on any atom is -0.466 e. The van der Waals surface area contributed by atoms with Gasteiger partial charge in [0.15, 0.2) is 0 Å². The van der Waals surface area contributed by atoms with Gasteiger partial charge < -0.3 is 10.2 Å². The molecule has 0 aliphatic carbocycles. The lowest BCUT2D eigenvalue weighted by molar-refractivity contribution is 0.503. The third-order valence-electron chi connectivity index (χ3n) is 2.73. The van der Waals surface area contributed by atoms with E-state index < -0.39 is 0 Å². The first kappa shape index (κ1) is 9.83. The van der Waals surface area contributed by atoms with Crippen LogP contribution in [0.1, 0.15) is 17.1 Å². The molecule has 0 aliphatic rings. The van der Waals surface area contributed by atoms with Gasteiger partial charge >= 0.3 is 0 Å². The van der Waals surface area contributed by atoms with Crippen LogP contribution in [0.4, 0.5) is 5.82 Å². The number of aryl methyl sites for hydroxylation is 3. The molecular formula is C11H15N3O. The molecule has 4 heteroatoms. The summed E-state index contributed by atoms with van der Waals surface area (Å²) in [4.78, 5) is 0. The zero-order chi connectivity index (χ0) is 11.2. The van der Waals surface area contributed by atoms with E-state index in [0.29, 0.717) is 5.82 Å². The van der Waals surface area contributed by atoms with E-state index in [2.05, 4.69) is 5.10 Å². The largest absolute Gasteiger partial charge is 0.466 e. The number of furan rings is 1. The maximum Gasteiger partial charge on any atom is 0.121 e. The second-order valence-electron chi connectivity index (χ2n) is 3.79. The number of nitrogen functional groups attached to an aromatic ring is 1. The van der Waals surface area contributed by atoms with Crippen LogP contribution < -0.4 is 5.73 Å².